The zero-order valence-electron chi connectivity index (χ0n) is 14.2. The molecule has 0 bridgehead atoms. The number of hydrogen-bond acceptors (Lipinski definition) is 6. The SMILES string of the molecule is C=CCc1ccc(OCC(O)Cn2cc([N+](=O)[O-])nc2C)c(OC)c1. The summed E-state index contributed by atoms with van der Waals surface area (Å²) in [4.78, 5) is 14.0. The van der Waals surface area contributed by atoms with Crippen molar-refractivity contribution in [3.8, 4) is 11.5 Å². The molecule has 1 atom stereocenters. The van der Waals surface area contributed by atoms with E-state index in [4.69, 9.17) is 9.47 Å². The number of aliphatic hydroxyl groups excluding tert-OH is 1. The molecule has 0 amide bonds. The maximum absolute atomic E-state index is 10.7. The number of nitrogens with zero attached hydrogens (tertiary/aromatic N) is 3. The molecule has 1 heterocycles. The fraction of sp³-hybridized carbons (Fsp3) is 0.353. The van der Waals surface area contributed by atoms with Gasteiger partial charge in [-0.1, -0.05) is 12.1 Å². The van der Waals surface area contributed by atoms with E-state index in [1.807, 2.05) is 12.1 Å². The van der Waals surface area contributed by atoms with Crippen LogP contribution in [-0.2, 0) is 13.0 Å². The summed E-state index contributed by atoms with van der Waals surface area (Å²) in [5.41, 5.74) is 1.04. The highest BCUT2D eigenvalue weighted by molar-refractivity contribution is 5.43. The Bertz CT molecular complexity index is 757. The first-order valence-corrected chi connectivity index (χ1v) is 7.71. The third-order valence-corrected chi connectivity index (χ3v) is 3.60. The molecule has 8 heteroatoms. The van der Waals surface area contributed by atoms with Crippen molar-refractivity contribution < 1.29 is 19.5 Å². The van der Waals surface area contributed by atoms with Crippen molar-refractivity contribution in [2.75, 3.05) is 13.7 Å². The highest BCUT2D eigenvalue weighted by Gasteiger charge is 2.18. The monoisotopic (exact) mass is 347 g/mol. The standard InChI is InChI=1S/C17H21N3O5/c1-4-5-13-6-7-15(16(8-13)24-3)25-11-14(21)9-19-10-17(20(22)23)18-12(19)2/h4,6-8,10,14,21H,1,5,9,11H2,2-3H3. The molecule has 1 N–H and O–H groups in total. The third kappa shape index (κ3) is 4.80. The molecule has 2 aromatic rings. The minimum Gasteiger partial charge on any atom is -0.493 e. The van der Waals surface area contributed by atoms with Gasteiger partial charge in [-0.25, -0.2) is 0 Å². The highest BCUT2D eigenvalue weighted by atomic mass is 16.6. The molecule has 0 saturated carbocycles. The van der Waals surface area contributed by atoms with E-state index in [-0.39, 0.29) is 19.0 Å². The van der Waals surface area contributed by atoms with Crippen molar-refractivity contribution in [1.29, 1.82) is 0 Å². The Kier molecular flexibility index (Phi) is 6.13. The minimum absolute atomic E-state index is 0.0165. The first-order chi connectivity index (χ1) is 11.9. The molecule has 0 fully saturated rings. The molecule has 0 aliphatic rings. The molecule has 134 valence electrons. The van der Waals surface area contributed by atoms with Gasteiger partial charge in [0.15, 0.2) is 11.5 Å². The first kappa shape index (κ1) is 18.5. The van der Waals surface area contributed by atoms with Crippen LogP contribution in [0.4, 0.5) is 5.82 Å². The van der Waals surface area contributed by atoms with Crippen LogP contribution in [0.25, 0.3) is 0 Å². The van der Waals surface area contributed by atoms with Gasteiger partial charge in [0.2, 0.25) is 5.82 Å². The van der Waals surface area contributed by atoms with Crippen LogP contribution in [0.15, 0.2) is 37.1 Å². The van der Waals surface area contributed by atoms with Crippen LogP contribution < -0.4 is 9.47 Å². The largest absolute Gasteiger partial charge is 0.493 e. The summed E-state index contributed by atoms with van der Waals surface area (Å²) in [6, 6.07) is 5.53. The van der Waals surface area contributed by atoms with E-state index in [0.717, 1.165) is 12.0 Å². The molecule has 0 radical (unpaired) electrons. The second-order valence-corrected chi connectivity index (χ2v) is 5.50. The number of nitro groups is 1. The van der Waals surface area contributed by atoms with Crippen molar-refractivity contribution in [1.82, 2.24) is 9.55 Å². The number of methoxy groups -OCH3 is 1. The molecular weight excluding hydrogens is 326 g/mol. The van der Waals surface area contributed by atoms with E-state index in [2.05, 4.69) is 11.6 Å². The van der Waals surface area contributed by atoms with Crippen molar-refractivity contribution in [2.24, 2.45) is 0 Å². The van der Waals surface area contributed by atoms with Crippen LogP contribution in [0.5, 0.6) is 11.5 Å². The Labute approximate surface area is 145 Å². The molecule has 1 aromatic heterocycles. The number of rotatable bonds is 9. The first-order valence-electron chi connectivity index (χ1n) is 7.71. The van der Waals surface area contributed by atoms with Gasteiger partial charge in [0, 0.05) is 6.92 Å². The smallest absolute Gasteiger partial charge is 0.381 e. The van der Waals surface area contributed by atoms with Gasteiger partial charge in [-0.2, -0.15) is 0 Å². The lowest BCUT2D eigenvalue weighted by atomic mass is 10.1. The summed E-state index contributed by atoms with van der Waals surface area (Å²) >= 11 is 0. The maximum Gasteiger partial charge on any atom is 0.381 e. The van der Waals surface area contributed by atoms with Gasteiger partial charge in [-0.15, -0.1) is 6.58 Å². The average molecular weight is 347 g/mol. The van der Waals surface area contributed by atoms with Crippen molar-refractivity contribution in [2.45, 2.75) is 26.0 Å². The van der Waals surface area contributed by atoms with E-state index >= 15 is 0 Å². The van der Waals surface area contributed by atoms with E-state index in [1.165, 1.54) is 10.8 Å². The summed E-state index contributed by atoms with van der Waals surface area (Å²) in [5.74, 6) is 1.30. The Hall–Kier alpha value is -2.87. The number of aromatic nitrogens is 2. The second kappa shape index (κ2) is 8.29. The van der Waals surface area contributed by atoms with Gasteiger partial charge in [0.1, 0.15) is 18.9 Å². The maximum atomic E-state index is 10.7. The Morgan fingerprint density at radius 3 is 2.84 bits per heavy atom. The summed E-state index contributed by atoms with van der Waals surface area (Å²) in [7, 11) is 1.55. The average Bonchev–Trinajstić information content (AvgIpc) is 2.95. The molecule has 1 unspecified atom stereocenters. The van der Waals surface area contributed by atoms with Gasteiger partial charge < -0.3 is 29.3 Å². The van der Waals surface area contributed by atoms with Crippen molar-refractivity contribution in [3.05, 3.63) is 58.6 Å². The molecule has 0 saturated heterocycles. The predicted molar refractivity (Wildman–Crippen MR) is 92.0 cm³/mol. The number of aryl methyl sites for hydroxylation is 1. The topological polar surface area (TPSA) is 99.7 Å². The molecular formula is C17H21N3O5. The minimum atomic E-state index is -0.856. The molecule has 0 aliphatic carbocycles. The fourth-order valence-corrected chi connectivity index (χ4v) is 2.36. The third-order valence-electron chi connectivity index (χ3n) is 3.60. The number of hydrogen-bond donors (Lipinski definition) is 1. The molecule has 0 aliphatic heterocycles. The number of benzene rings is 1. The van der Waals surface area contributed by atoms with E-state index in [9.17, 15) is 15.2 Å². The summed E-state index contributed by atoms with van der Waals surface area (Å²) in [5, 5.41) is 20.9. The lowest BCUT2D eigenvalue weighted by Gasteiger charge is -2.15. The highest BCUT2D eigenvalue weighted by Crippen LogP contribution is 2.28. The van der Waals surface area contributed by atoms with Crippen LogP contribution in [-0.4, -0.2) is 39.4 Å². The lowest BCUT2D eigenvalue weighted by Crippen LogP contribution is -2.24. The lowest BCUT2D eigenvalue weighted by molar-refractivity contribution is -0.389. The molecule has 1 aromatic carbocycles. The van der Waals surface area contributed by atoms with E-state index < -0.39 is 11.0 Å². The van der Waals surface area contributed by atoms with Gasteiger partial charge >= 0.3 is 5.82 Å². The van der Waals surface area contributed by atoms with Crippen LogP contribution in [0.1, 0.15) is 11.4 Å². The number of allylic oxidation sites excluding steroid dienone is 1. The van der Waals surface area contributed by atoms with Crippen LogP contribution in [0.2, 0.25) is 0 Å². The van der Waals surface area contributed by atoms with Crippen LogP contribution in [0, 0.1) is 17.0 Å². The fourth-order valence-electron chi connectivity index (χ4n) is 2.36. The van der Waals surface area contributed by atoms with Gasteiger partial charge in [0.05, 0.1) is 13.7 Å². The molecule has 2 rings (SSSR count). The summed E-state index contributed by atoms with van der Waals surface area (Å²) in [6.45, 7) is 5.50. The Morgan fingerprint density at radius 1 is 1.48 bits per heavy atom. The van der Waals surface area contributed by atoms with Crippen molar-refractivity contribution in [3.63, 3.8) is 0 Å². The molecule has 8 nitrogen and oxygen atoms in total. The Balaban J connectivity index is 1.99. The normalized spacial score (nSPS) is 11.8. The van der Waals surface area contributed by atoms with Crippen LogP contribution in [0.3, 0.4) is 0 Å². The number of ether oxygens (including phenoxy) is 2. The predicted octanol–water partition coefficient (Wildman–Crippen LogP) is 2.28. The van der Waals surface area contributed by atoms with Gasteiger partial charge in [-0.05, 0) is 34.0 Å². The number of imidazole rings is 1. The zero-order chi connectivity index (χ0) is 18.4. The second-order valence-electron chi connectivity index (χ2n) is 5.50. The molecule has 0 spiro atoms. The van der Waals surface area contributed by atoms with Crippen molar-refractivity contribution >= 4 is 5.82 Å². The quantitative estimate of drug-likeness (QED) is 0.424. The van der Waals surface area contributed by atoms with Gasteiger partial charge in [-0.3, -0.25) is 0 Å². The van der Waals surface area contributed by atoms with E-state index in [1.54, 1.807) is 26.2 Å². The van der Waals surface area contributed by atoms with Gasteiger partial charge in [0.25, 0.3) is 0 Å². The Morgan fingerprint density at radius 2 is 2.24 bits per heavy atom. The molecule has 25 heavy (non-hydrogen) atoms. The van der Waals surface area contributed by atoms with E-state index in [0.29, 0.717) is 17.3 Å². The zero-order valence-corrected chi connectivity index (χ0v) is 14.2. The summed E-state index contributed by atoms with van der Waals surface area (Å²) in [6.07, 6.45) is 2.96. The summed E-state index contributed by atoms with van der Waals surface area (Å²) < 4.78 is 12.4. The van der Waals surface area contributed by atoms with Crippen LogP contribution >= 0.6 is 0 Å². The number of aliphatic hydroxyl groups is 1.